The Hall–Kier alpha value is -2.91. The first-order valence-corrected chi connectivity index (χ1v) is 12.5. The summed E-state index contributed by atoms with van der Waals surface area (Å²) in [5, 5.41) is 2.25. The second-order valence-electron chi connectivity index (χ2n) is 7.16. The molecule has 174 valence electrons. The Morgan fingerprint density at radius 3 is 2.73 bits per heavy atom. The summed E-state index contributed by atoms with van der Waals surface area (Å²) in [5.74, 6) is 0.233. The minimum atomic E-state index is -0.500. The number of methoxy groups -OCH3 is 1. The number of hydrogen-bond donors (Lipinski definition) is 1. The van der Waals surface area contributed by atoms with Crippen LogP contribution in [0.3, 0.4) is 0 Å². The summed E-state index contributed by atoms with van der Waals surface area (Å²) in [6.45, 7) is 2.33. The lowest BCUT2D eigenvalue weighted by Crippen LogP contribution is -2.36. The highest BCUT2D eigenvalue weighted by Gasteiger charge is 2.36. The summed E-state index contributed by atoms with van der Waals surface area (Å²) < 4.78 is 11.1. The standard InChI is InChI=1S/C24H26N2O5S2/c1-4-5-11-31-19-10-9-16(12-20(19)30-2)13-21-23(28)26(24(29)33-21)15-22(27)25-17-7-6-8-18(14-17)32-3/h6-10,12-14H,4-5,11,15H2,1-3H3,(H,25,27)/b21-13-. The summed E-state index contributed by atoms with van der Waals surface area (Å²) in [6, 6.07) is 12.7. The number of anilines is 1. The highest BCUT2D eigenvalue weighted by molar-refractivity contribution is 8.18. The molecule has 1 fully saturated rings. The predicted octanol–water partition coefficient (Wildman–Crippen LogP) is 5.27. The number of imide groups is 1. The van der Waals surface area contributed by atoms with Gasteiger partial charge in [0.25, 0.3) is 11.1 Å². The van der Waals surface area contributed by atoms with Gasteiger partial charge in [-0.15, -0.1) is 11.8 Å². The van der Waals surface area contributed by atoms with E-state index >= 15 is 0 Å². The van der Waals surface area contributed by atoms with Gasteiger partial charge in [0.05, 0.1) is 18.6 Å². The molecule has 2 aromatic rings. The van der Waals surface area contributed by atoms with Crippen molar-refractivity contribution in [2.24, 2.45) is 0 Å². The number of amides is 3. The van der Waals surface area contributed by atoms with Gasteiger partial charge in [-0.2, -0.15) is 0 Å². The number of benzene rings is 2. The molecule has 1 aliphatic rings. The lowest BCUT2D eigenvalue weighted by molar-refractivity contribution is -0.127. The number of carbonyl (C=O) groups is 3. The number of rotatable bonds is 10. The molecule has 2 aromatic carbocycles. The smallest absolute Gasteiger partial charge is 0.294 e. The third kappa shape index (κ3) is 6.55. The van der Waals surface area contributed by atoms with E-state index in [0.717, 1.165) is 34.4 Å². The maximum Gasteiger partial charge on any atom is 0.294 e. The van der Waals surface area contributed by atoms with Crippen molar-refractivity contribution in [3.63, 3.8) is 0 Å². The number of hydrogen-bond acceptors (Lipinski definition) is 7. The van der Waals surface area contributed by atoms with Crippen molar-refractivity contribution in [2.75, 3.05) is 31.8 Å². The Morgan fingerprint density at radius 2 is 2.00 bits per heavy atom. The average molecular weight is 487 g/mol. The molecule has 9 heteroatoms. The van der Waals surface area contributed by atoms with Gasteiger partial charge in [0.1, 0.15) is 6.54 Å². The molecule has 1 saturated heterocycles. The van der Waals surface area contributed by atoms with Crippen molar-refractivity contribution < 1.29 is 23.9 Å². The summed E-state index contributed by atoms with van der Waals surface area (Å²) >= 11 is 2.36. The Bertz CT molecular complexity index is 1070. The fraction of sp³-hybridized carbons (Fsp3) is 0.292. The molecule has 33 heavy (non-hydrogen) atoms. The molecule has 0 aromatic heterocycles. The van der Waals surface area contributed by atoms with Gasteiger partial charge in [0, 0.05) is 10.6 Å². The number of nitrogens with zero attached hydrogens (tertiary/aromatic N) is 1. The maximum absolute atomic E-state index is 12.8. The van der Waals surface area contributed by atoms with Gasteiger partial charge < -0.3 is 14.8 Å². The zero-order valence-electron chi connectivity index (χ0n) is 18.8. The Balaban J connectivity index is 1.68. The molecule has 0 spiro atoms. The van der Waals surface area contributed by atoms with Crippen LogP contribution in [0.5, 0.6) is 11.5 Å². The molecule has 0 saturated carbocycles. The molecule has 3 amide bonds. The summed E-state index contributed by atoms with van der Waals surface area (Å²) in [7, 11) is 1.55. The van der Waals surface area contributed by atoms with Crippen LogP contribution < -0.4 is 14.8 Å². The molecule has 1 aliphatic heterocycles. The molecular weight excluding hydrogens is 460 g/mol. The Kier molecular flexibility index (Phi) is 8.85. The molecule has 0 radical (unpaired) electrons. The molecule has 0 unspecified atom stereocenters. The van der Waals surface area contributed by atoms with Gasteiger partial charge >= 0.3 is 0 Å². The first-order valence-electron chi connectivity index (χ1n) is 10.4. The highest BCUT2D eigenvalue weighted by Crippen LogP contribution is 2.34. The number of unbranched alkanes of at least 4 members (excludes halogenated alkanes) is 1. The zero-order valence-corrected chi connectivity index (χ0v) is 20.4. The van der Waals surface area contributed by atoms with Crippen molar-refractivity contribution >= 4 is 52.3 Å². The maximum atomic E-state index is 12.8. The zero-order chi connectivity index (χ0) is 23.8. The van der Waals surface area contributed by atoms with Gasteiger partial charge in [-0.05, 0) is 66.4 Å². The third-order valence-corrected chi connectivity index (χ3v) is 6.40. The van der Waals surface area contributed by atoms with Crippen LogP contribution in [0.4, 0.5) is 10.5 Å². The quantitative estimate of drug-likeness (QED) is 0.278. The second kappa shape index (κ2) is 11.8. The van der Waals surface area contributed by atoms with Crippen LogP contribution in [0.15, 0.2) is 52.3 Å². The normalized spacial score (nSPS) is 14.6. The molecule has 0 aliphatic carbocycles. The lowest BCUT2D eigenvalue weighted by Gasteiger charge is -2.13. The summed E-state index contributed by atoms with van der Waals surface area (Å²) in [5.41, 5.74) is 1.31. The predicted molar refractivity (Wildman–Crippen MR) is 133 cm³/mol. The molecular formula is C24H26N2O5S2. The summed E-state index contributed by atoms with van der Waals surface area (Å²) in [6.07, 6.45) is 5.52. The first-order chi connectivity index (χ1) is 15.9. The van der Waals surface area contributed by atoms with Crippen LogP contribution in [0, 0.1) is 0 Å². The monoisotopic (exact) mass is 486 g/mol. The van der Waals surface area contributed by atoms with Gasteiger partial charge in [0.2, 0.25) is 5.91 Å². The van der Waals surface area contributed by atoms with Crippen LogP contribution in [-0.4, -0.2) is 48.5 Å². The fourth-order valence-corrected chi connectivity index (χ4v) is 4.35. The van der Waals surface area contributed by atoms with Crippen molar-refractivity contribution in [3.05, 3.63) is 52.9 Å². The van der Waals surface area contributed by atoms with E-state index in [4.69, 9.17) is 9.47 Å². The van der Waals surface area contributed by atoms with Crippen LogP contribution in [-0.2, 0) is 9.59 Å². The molecule has 0 bridgehead atoms. The van der Waals surface area contributed by atoms with Crippen LogP contribution >= 0.6 is 23.5 Å². The van der Waals surface area contributed by atoms with Crippen molar-refractivity contribution in [1.82, 2.24) is 4.90 Å². The Morgan fingerprint density at radius 1 is 1.18 bits per heavy atom. The van der Waals surface area contributed by atoms with Gasteiger partial charge in [0.15, 0.2) is 11.5 Å². The average Bonchev–Trinajstić information content (AvgIpc) is 3.07. The van der Waals surface area contributed by atoms with E-state index in [1.54, 1.807) is 49.2 Å². The van der Waals surface area contributed by atoms with E-state index in [1.165, 1.54) is 0 Å². The lowest BCUT2D eigenvalue weighted by atomic mass is 10.2. The van der Waals surface area contributed by atoms with Crippen LogP contribution in [0.2, 0.25) is 0 Å². The number of nitrogens with one attached hydrogen (secondary N) is 1. The molecule has 3 rings (SSSR count). The second-order valence-corrected chi connectivity index (χ2v) is 9.03. The largest absolute Gasteiger partial charge is 0.493 e. The molecule has 1 N–H and O–H groups in total. The SMILES string of the molecule is CCCCOc1ccc(/C=C2\SC(=O)N(CC(=O)Nc3cccc(SC)c3)C2=O)cc1OC. The molecule has 7 nitrogen and oxygen atoms in total. The van der Waals surface area contributed by atoms with E-state index in [-0.39, 0.29) is 11.4 Å². The molecule has 0 atom stereocenters. The number of thioether (sulfide) groups is 2. The van der Waals surface area contributed by atoms with E-state index < -0.39 is 17.1 Å². The van der Waals surface area contributed by atoms with Crippen LogP contribution in [0.25, 0.3) is 6.08 Å². The van der Waals surface area contributed by atoms with E-state index in [9.17, 15) is 14.4 Å². The highest BCUT2D eigenvalue weighted by atomic mass is 32.2. The van der Waals surface area contributed by atoms with Crippen molar-refractivity contribution in [2.45, 2.75) is 24.7 Å². The topological polar surface area (TPSA) is 84.9 Å². The van der Waals surface area contributed by atoms with Gasteiger partial charge in [-0.3, -0.25) is 19.3 Å². The van der Waals surface area contributed by atoms with E-state index in [2.05, 4.69) is 12.2 Å². The van der Waals surface area contributed by atoms with E-state index in [0.29, 0.717) is 29.4 Å². The number of ether oxygens (including phenoxy) is 2. The molecule has 1 heterocycles. The van der Waals surface area contributed by atoms with Crippen molar-refractivity contribution in [3.8, 4) is 11.5 Å². The van der Waals surface area contributed by atoms with E-state index in [1.807, 2.05) is 24.5 Å². The summed E-state index contributed by atoms with van der Waals surface area (Å²) in [4.78, 5) is 39.8. The first kappa shape index (κ1) is 24.7. The third-order valence-electron chi connectivity index (χ3n) is 4.77. The minimum Gasteiger partial charge on any atom is -0.493 e. The number of carbonyl (C=O) groups excluding carboxylic acids is 3. The van der Waals surface area contributed by atoms with Gasteiger partial charge in [-0.1, -0.05) is 25.5 Å². The fourth-order valence-electron chi connectivity index (χ4n) is 3.05. The minimum absolute atomic E-state index is 0.249. The Labute approximate surface area is 201 Å². The van der Waals surface area contributed by atoms with Crippen molar-refractivity contribution in [1.29, 1.82) is 0 Å². The van der Waals surface area contributed by atoms with Crippen LogP contribution in [0.1, 0.15) is 25.3 Å². The van der Waals surface area contributed by atoms with Gasteiger partial charge in [-0.25, -0.2) is 0 Å².